The van der Waals surface area contributed by atoms with E-state index < -0.39 is 10.0 Å². The first kappa shape index (κ1) is 14.0. The van der Waals surface area contributed by atoms with Gasteiger partial charge < -0.3 is 4.90 Å². The van der Waals surface area contributed by atoms with Gasteiger partial charge in [0.1, 0.15) is 5.84 Å². The third-order valence-electron chi connectivity index (χ3n) is 3.24. The maximum Gasteiger partial charge on any atom is 0.263 e. The Morgan fingerprint density at radius 2 is 1.89 bits per heavy atom. The molecule has 2 rings (SSSR count). The summed E-state index contributed by atoms with van der Waals surface area (Å²) in [6, 6.07) is 6.92. The van der Waals surface area contributed by atoms with Crippen molar-refractivity contribution in [1.29, 1.82) is 0 Å². The first-order valence-electron chi connectivity index (χ1n) is 6.47. The maximum absolute atomic E-state index is 11.9. The second kappa shape index (κ2) is 5.71. The molecular weight excluding hydrogens is 262 g/mol. The minimum atomic E-state index is -3.41. The van der Waals surface area contributed by atoms with E-state index in [1.54, 1.807) is 18.2 Å². The number of hydrogen-bond donors (Lipinski definition) is 1. The number of hydrogen-bond acceptors (Lipinski definition) is 4. The van der Waals surface area contributed by atoms with E-state index >= 15 is 0 Å². The largest absolute Gasteiger partial charge is 0.302 e. The molecule has 1 aromatic rings. The SMILES string of the molecule is CCN(CC)CCN=C1NS(=O)(=O)c2ccccc21. The Bertz CT molecular complexity index is 577. The third kappa shape index (κ3) is 2.96. The fourth-order valence-electron chi connectivity index (χ4n) is 2.09. The van der Waals surface area contributed by atoms with E-state index in [1.807, 2.05) is 6.07 Å². The molecule has 0 bridgehead atoms. The molecule has 1 aromatic carbocycles. The Morgan fingerprint density at radius 3 is 2.58 bits per heavy atom. The van der Waals surface area contributed by atoms with Crippen molar-refractivity contribution in [3.63, 3.8) is 0 Å². The molecule has 0 fully saturated rings. The van der Waals surface area contributed by atoms with Gasteiger partial charge in [-0.1, -0.05) is 26.0 Å². The topological polar surface area (TPSA) is 61.8 Å². The molecule has 0 saturated carbocycles. The third-order valence-corrected chi connectivity index (χ3v) is 4.64. The van der Waals surface area contributed by atoms with Crippen molar-refractivity contribution in [2.24, 2.45) is 4.99 Å². The van der Waals surface area contributed by atoms with E-state index in [2.05, 4.69) is 28.5 Å². The van der Waals surface area contributed by atoms with Crippen LogP contribution in [0.1, 0.15) is 19.4 Å². The fourth-order valence-corrected chi connectivity index (χ4v) is 3.35. The van der Waals surface area contributed by atoms with Crippen molar-refractivity contribution in [1.82, 2.24) is 9.62 Å². The van der Waals surface area contributed by atoms with Gasteiger partial charge in [0.25, 0.3) is 10.0 Å². The predicted molar refractivity (Wildman–Crippen MR) is 76.0 cm³/mol. The average Bonchev–Trinajstić information content (AvgIpc) is 2.67. The van der Waals surface area contributed by atoms with Crippen molar-refractivity contribution in [3.8, 4) is 0 Å². The first-order valence-corrected chi connectivity index (χ1v) is 7.95. The van der Waals surface area contributed by atoms with Crippen LogP contribution in [0.5, 0.6) is 0 Å². The van der Waals surface area contributed by atoms with E-state index in [0.29, 0.717) is 22.8 Å². The molecule has 0 spiro atoms. The summed E-state index contributed by atoms with van der Waals surface area (Å²) in [7, 11) is -3.41. The highest BCUT2D eigenvalue weighted by molar-refractivity contribution is 7.90. The molecule has 0 atom stereocenters. The predicted octanol–water partition coefficient (Wildman–Crippen LogP) is 1.07. The van der Waals surface area contributed by atoms with Crippen molar-refractivity contribution in [2.45, 2.75) is 18.7 Å². The maximum atomic E-state index is 11.9. The van der Waals surface area contributed by atoms with E-state index in [-0.39, 0.29) is 0 Å². The van der Waals surface area contributed by atoms with Gasteiger partial charge in [0.05, 0.1) is 11.4 Å². The number of nitrogens with one attached hydrogen (secondary N) is 1. The van der Waals surface area contributed by atoms with Crippen LogP contribution in [0.25, 0.3) is 0 Å². The Labute approximate surface area is 114 Å². The number of rotatable bonds is 5. The molecule has 0 radical (unpaired) electrons. The lowest BCUT2D eigenvalue weighted by molar-refractivity contribution is 0.313. The van der Waals surface area contributed by atoms with Crippen LogP contribution in [0, 0.1) is 0 Å². The van der Waals surface area contributed by atoms with Crippen molar-refractivity contribution in [3.05, 3.63) is 29.8 Å². The molecule has 0 amide bonds. The molecule has 0 unspecified atom stereocenters. The quantitative estimate of drug-likeness (QED) is 0.878. The van der Waals surface area contributed by atoms with Gasteiger partial charge in [-0.2, -0.15) is 0 Å². The van der Waals surface area contributed by atoms with Crippen LogP contribution in [0.2, 0.25) is 0 Å². The summed E-state index contributed by atoms with van der Waals surface area (Å²) in [5.74, 6) is 0.461. The summed E-state index contributed by atoms with van der Waals surface area (Å²) >= 11 is 0. The minimum Gasteiger partial charge on any atom is -0.302 e. The smallest absolute Gasteiger partial charge is 0.263 e. The highest BCUT2D eigenvalue weighted by Crippen LogP contribution is 2.21. The number of amidine groups is 1. The number of nitrogens with zero attached hydrogens (tertiary/aromatic N) is 2. The first-order chi connectivity index (χ1) is 9.08. The summed E-state index contributed by atoms with van der Waals surface area (Å²) in [6.07, 6.45) is 0. The Hall–Kier alpha value is -1.40. The van der Waals surface area contributed by atoms with Gasteiger partial charge in [-0.25, -0.2) is 8.42 Å². The van der Waals surface area contributed by atoms with Gasteiger partial charge in [-0.15, -0.1) is 0 Å². The standard InChI is InChI=1S/C13H19N3O2S/c1-3-16(4-2)10-9-14-13-11-7-5-6-8-12(11)19(17,18)15-13/h5-8H,3-4,9-10H2,1-2H3,(H,14,15). The normalized spacial score (nSPS) is 18.6. The zero-order valence-corrected chi connectivity index (χ0v) is 12.1. The molecular formula is C13H19N3O2S. The van der Waals surface area contributed by atoms with E-state index in [9.17, 15) is 8.42 Å². The van der Waals surface area contributed by atoms with Crippen LogP contribution >= 0.6 is 0 Å². The highest BCUT2D eigenvalue weighted by Gasteiger charge is 2.29. The molecule has 104 valence electrons. The van der Waals surface area contributed by atoms with Crippen LogP contribution in [0.3, 0.4) is 0 Å². The van der Waals surface area contributed by atoms with Gasteiger partial charge >= 0.3 is 0 Å². The van der Waals surface area contributed by atoms with Gasteiger partial charge in [-0.3, -0.25) is 9.71 Å². The summed E-state index contributed by atoms with van der Waals surface area (Å²) in [5.41, 5.74) is 0.669. The van der Waals surface area contributed by atoms with E-state index in [1.165, 1.54) is 0 Å². The van der Waals surface area contributed by atoms with Crippen molar-refractivity contribution in [2.75, 3.05) is 26.2 Å². The van der Waals surface area contributed by atoms with Gasteiger partial charge in [0, 0.05) is 12.1 Å². The summed E-state index contributed by atoms with van der Waals surface area (Å²) in [4.78, 5) is 6.95. The van der Waals surface area contributed by atoms with Gasteiger partial charge in [0.15, 0.2) is 0 Å². The van der Waals surface area contributed by atoms with Gasteiger partial charge in [0.2, 0.25) is 0 Å². The molecule has 0 aliphatic carbocycles. The van der Waals surface area contributed by atoms with Crippen LogP contribution in [0.4, 0.5) is 0 Å². The molecule has 1 aliphatic rings. The second-order valence-corrected chi connectivity index (χ2v) is 6.01. The lowest BCUT2D eigenvalue weighted by Gasteiger charge is -2.16. The zero-order valence-electron chi connectivity index (χ0n) is 11.3. The van der Waals surface area contributed by atoms with E-state index in [0.717, 1.165) is 19.6 Å². The molecule has 19 heavy (non-hydrogen) atoms. The monoisotopic (exact) mass is 281 g/mol. The second-order valence-electron chi connectivity index (χ2n) is 4.36. The Balaban J connectivity index is 2.15. The number of sulfonamides is 1. The molecule has 0 aromatic heterocycles. The molecule has 0 saturated heterocycles. The Kier molecular flexibility index (Phi) is 4.21. The lowest BCUT2D eigenvalue weighted by Crippen LogP contribution is -2.27. The summed E-state index contributed by atoms with van der Waals surface area (Å²) < 4.78 is 26.2. The lowest BCUT2D eigenvalue weighted by atomic mass is 10.2. The minimum absolute atomic E-state index is 0.316. The Morgan fingerprint density at radius 1 is 1.21 bits per heavy atom. The molecule has 6 heteroatoms. The number of fused-ring (bicyclic) bond motifs is 1. The average molecular weight is 281 g/mol. The number of benzene rings is 1. The number of aliphatic imine (C=N–C) groups is 1. The van der Waals surface area contributed by atoms with Crippen molar-refractivity contribution < 1.29 is 8.42 Å². The van der Waals surface area contributed by atoms with Crippen molar-refractivity contribution >= 4 is 15.9 Å². The highest BCUT2D eigenvalue weighted by atomic mass is 32.2. The molecule has 5 nitrogen and oxygen atoms in total. The van der Waals surface area contributed by atoms with Crippen LogP contribution in [0.15, 0.2) is 34.2 Å². The molecule has 1 aliphatic heterocycles. The van der Waals surface area contributed by atoms with E-state index in [4.69, 9.17) is 0 Å². The molecule has 1 N–H and O–H groups in total. The van der Waals surface area contributed by atoms with Crippen LogP contribution in [-0.2, 0) is 10.0 Å². The fraction of sp³-hybridized carbons (Fsp3) is 0.462. The molecule has 1 heterocycles. The number of likely N-dealkylation sites (N-methyl/N-ethyl adjacent to an activating group) is 1. The van der Waals surface area contributed by atoms with Gasteiger partial charge in [-0.05, 0) is 25.2 Å². The van der Waals surface area contributed by atoms with Crippen LogP contribution in [-0.4, -0.2) is 45.3 Å². The summed E-state index contributed by atoms with van der Waals surface area (Å²) in [6.45, 7) is 7.58. The van der Waals surface area contributed by atoms with Crippen LogP contribution < -0.4 is 4.72 Å². The zero-order chi connectivity index (χ0) is 13.9. The summed E-state index contributed by atoms with van der Waals surface area (Å²) in [5, 5.41) is 0.